The van der Waals surface area contributed by atoms with Gasteiger partial charge in [0.2, 0.25) is 0 Å². The molecule has 6 nitrogen and oxygen atoms in total. The van der Waals surface area contributed by atoms with Crippen molar-refractivity contribution in [3.63, 3.8) is 0 Å². The molecule has 0 bridgehead atoms. The fraction of sp³-hybridized carbons (Fsp3) is 0.500. The van der Waals surface area contributed by atoms with Crippen molar-refractivity contribution in [2.75, 3.05) is 31.6 Å². The van der Waals surface area contributed by atoms with E-state index in [1.54, 1.807) is 17.5 Å². The smallest absolute Gasteiger partial charge is 0.378 e. The lowest BCUT2D eigenvalue weighted by atomic mass is 10.0. The highest BCUT2D eigenvalue weighted by atomic mass is 35.5. The Balaban J connectivity index is 1.72. The van der Waals surface area contributed by atoms with E-state index in [0.29, 0.717) is 26.3 Å². The van der Waals surface area contributed by atoms with E-state index in [0.717, 1.165) is 9.56 Å². The molecule has 1 saturated heterocycles. The molecule has 2 atom stereocenters. The fourth-order valence-corrected chi connectivity index (χ4v) is 4.37. The number of fused-ring (bicyclic) bond motifs is 1. The van der Waals surface area contributed by atoms with Crippen LogP contribution in [-0.2, 0) is 4.74 Å². The molecule has 0 aliphatic carbocycles. The molecule has 0 aromatic carbocycles. The number of thiophene rings is 1. The molecule has 0 radical (unpaired) electrons. The lowest BCUT2D eigenvalue weighted by molar-refractivity contribution is -0.173. The largest absolute Gasteiger partial charge is 0.410 e. The van der Waals surface area contributed by atoms with Crippen LogP contribution in [0.3, 0.4) is 0 Å². The van der Waals surface area contributed by atoms with Crippen molar-refractivity contribution in [3.8, 4) is 0 Å². The number of hydrogen-bond acceptors (Lipinski definition) is 5. The summed E-state index contributed by atoms with van der Waals surface area (Å²) in [5.74, 6) is -0.458. The predicted octanol–water partition coefficient (Wildman–Crippen LogP) is 3.73. The molecule has 2 aliphatic heterocycles. The Morgan fingerprint density at radius 1 is 1.37 bits per heavy atom. The van der Waals surface area contributed by atoms with Gasteiger partial charge in [-0.3, -0.25) is 4.79 Å². The highest BCUT2D eigenvalue weighted by molar-refractivity contribution is 7.10. The topological polar surface area (TPSA) is 59.4 Å². The minimum atomic E-state index is -4.51. The van der Waals surface area contributed by atoms with Crippen LogP contribution in [0.4, 0.5) is 19.0 Å². The second-order valence-corrected chi connectivity index (χ2v) is 7.72. The van der Waals surface area contributed by atoms with Crippen molar-refractivity contribution in [2.45, 2.75) is 24.7 Å². The number of ether oxygens (including phenoxy) is 1. The second kappa shape index (κ2) is 6.99. The SMILES string of the molecule is O=C(c1nn2c(c1Cl)N[C@@H](c1cccs1)C[C@H]2C(F)(F)F)N1CCOCC1. The Hall–Kier alpha value is -1.78. The summed E-state index contributed by atoms with van der Waals surface area (Å²) in [4.78, 5) is 15.0. The number of amides is 1. The molecular weight excluding hydrogens is 405 g/mol. The molecule has 0 spiro atoms. The lowest BCUT2D eigenvalue weighted by Gasteiger charge is -2.32. The van der Waals surface area contributed by atoms with Crippen molar-refractivity contribution >= 4 is 34.7 Å². The maximum atomic E-state index is 13.7. The lowest BCUT2D eigenvalue weighted by Crippen LogP contribution is -2.41. The van der Waals surface area contributed by atoms with Crippen LogP contribution < -0.4 is 5.32 Å². The van der Waals surface area contributed by atoms with Gasteiger partial charge in [-0.1, -0.05) is 17.7 Å². The predicted molar refractivity (Wildman–Crippen MR) is 94.4 cm³/mol. The van der Waals surface area contributed by atoms with Crippen molar-refractivity contribution < 1.29 is 22.7 Å². The molecular formula is C16H16ClF3N4O2S. The quantitative estimate of drug-likeness (QED) is 0.804. The van der Waals surface area contributed by atoms with E-state index >= 15 is 0 Å². The van der Waals surface area contributed by atoms with Gasteiger partial charge in [-0.05, 0) is 11.4 Å². The van der Waals surface area contributed by atoms with Gasteiger partial charge in [0.05, 0.1) is 19.3 Å². The maximum absolute atomic E-state index is 13.7. The summed E-state index contributed by atoms with van der Waals surface area (Å²) in [5, 5.41) is 8.72. The molecule has 2 aromatic heterocycles. The second-order valence-electron chi connectivity index (χ2n) is 6.37. The number of anilines is 1. The summed E-state index contributed by atoms with van der Waals surface area (Å²) >= 11 is 7.68. The third-order valence-corrected chi connectivity index (χ3v) is 6.03. The molecule has 27 heavy (non-hydrogen) atoms. The zero-order chi connectivity index (χ0) is 19.2. The first-order valence-electron chi connectivity index (χ1n) is 8.38. The molecule has 0 unspecified atom stereocenters. The first-order chi connectivity index (χ1) is 12.9. The number of carbonyl (C=O) groups excluding carboxylic acids is 1. The Morgan fingerprint density at radius 2 is 2.11 bits per heavy atom. The third kappa shape index (κ3) is 3.41. The van der Waals surface area contributed by atoms with Gasteiger partial charge in [-0.25, -0.2) is 4.68 Å². The highest BCUT2D eigenvalue weighted by Crippen LogP contribution is 2.46. The van der Waals surface area contributed by atoms with Crippen molar-refractivity contribution in [3.05, 3.63) is 33.1 Å². The van der Waals surface area contributed by atoms with Crippen LogP contribution >= 0.6 is 22.9 Å². The van der Waals surface area contributed by atoms with Crippen LogP contribution in [0.1, 0.15) is 33.9 Å². The number of nitrogens with zero attached hydrogens (tertiary/aromatic N) is 3. The van der Waals surface area contributed by atoms with Crippen LogP contribution in [0.15, 0.2) is 17.5 Å². The number of morpholine rings is 1. The summed E-state index contributed by atoms with van der Waals surface area (Å²) in [5.41, 5.74) is -0.165. The zero-order valence-electron chi connectivity index (χ0n) is 14.0. The van der Waals surface area contributed by atoms with Gasteiger partial charge in [0.1, 0.15) is 10.8 Å². The standard InChI is InChI=1S/C16H16ClF3N4O2S/c17-12-13(15(25)23-3-5-26-6-4-23)22-24-11(16(18,19)20)8-9(21-14(12)24)10-2-1-7-27-10/h1-2,7,9,11,21H,3-6,8H2/t9-,11+/m1/s1. The number of hydrogen-bond donors (Lipinski definition) is 1. The maximum Gasteiger partial charge on any atom is 0.410 e. The van der Waals surface area contributed by atoms with Crippen LogP contribution in [0.25, 0.3) is 0 Å². The summed E-state index contributed by atoms with van der Waals surface area (Å²) in [6, 6.07) is 1.15. The molecule has 1 amide bonds. The zero-order valence-corrected chi connectivity index (χ0v) is 15.6. The average Bonchev–Trinajstić information content (AvgIpc) is 3.29. The van der Waals surface area contributed by atoms with Gasteiger partial charge in [0, 0.05) is 24.4 Å². The molecule has 2 aliphatic rings. The van der Waals surface area contributed by atoms with E-state index in [4.69, 9.17) is 16.3 Å². The monoisotopic (exact) mass is 420 g/mol. The number of aromatic nitrogens is 2. The number of halogens is 4. The molecule has 4 heterocycles. The number of nitrogens with one attached hydrogen (secondary N) is 1. The Bertz CT molecular complexity index is 834. The summed E-state index contributed by atoms with van der Waals surface area (Å²) in [6.07, 6.45) is -4.73. The van der Waals surface area contributed by atoms with Crippen molar-refractivity contribution in [1.82, 2.24) is 14.7 Å². The van der Waals surface area contributed by atoms with Gasteiger partial charge in [-0.2, -0.15) is 18.3 Å². The van der Waals surface area contributed by atoms with E-state index < -0.39 is 24.2 Å². The molecule has 4 rings (SSSR count). The minimum absolute atomic E-state index is 0.0280. The van der Waals surface area contributed by atoms with E-state index in [1.165, 1.54) is 16.2 Å². The Morgan fingerprint density at radius 3 is 2.74 bits per heavy atom. The minimum Gasteiger partial charge on any atom is -0.378 e. The molecule has 146 valence electrons. The van der Waals surface area contributed by atoms with Crippen molar-refractivity contribution in [2.24, 2.45) is 0 Å². The van der Waals surface area contributed by atoms with Gasteiger partial charge in [0.15, 0.2) is 11.7 Å². The average molecular weight is 421 g/mol. The summed E-state index contributed by atoms with van der Waals surface area (Å²) < 4.78 is 47.1. The first kappa shape index (κ1) is 18.6. The van der Waals surface area contributed by atoms with E-state index in [1.807, 2.05) is 0 Å². The van der Waals surface area contributed by atoms with Gasteiger partial charge >= 0.3 is 6.18 Å². The highest BCUT2D eigenvalue weighted by Gasteiger charge is 2.48. The van der Waals surface area contributed by atoms with Crippen LogP contribution in [0, 0.1) is 0 Å². The van der Waals surface area contributed by atoms with E-state index in [2.05, 4.69) is 10.4 Å². The van der Waals surface area contributed by atoms with Gasteiger partial charge in [-0.15, -0.1) is 11.3 Å². The van der Waals surface area contributed by atoms with Crippen molar-refractivity contribution in [1.29, 1.82) is 0 Å². The fourth-order valence-electron chi connectivity index (χ4n) is 3.32. The molecule has 2 aromatic rings. The molecule has 1 fully saturated rings. The van der Waals surface area contributed by atoms with Crippen LogP contribution in [0.5, 0.6) is 0 Å². The first-order valence-corrected chi connectivity index (χ1v) is 9.63. The Kier molecular flexibility index (Phi) is 4.81. The molecule has 11 heteroatoms. The van der Waals surface area contributed by atoms with Crippen LogP contribution in [-0.4, -0.2) is 53.1 Å². The van der Waals surface area contributed by atoms with E-state index in [9.17, 15) is 18.0 Å². The Labute approximate surface area is 161 Å². The molecule has 0 saturated carbocycles. The number of carbonyl (C=O) groups is 1. The molecule has 1 N–H and O–H groups in total. The van der Waals surface area contributed by atoms with Gasteiger partial charge in [0.25, 0.3) is 5.91 Å². The normalized spacial score (nSPS) is 23.0. The summed E-state index contributed by atoms with van der Waals surface area (Å²) in [7, 11) is 0. The van der Waals surface area contributed by atoms with Gasteiger partial charge < -0.3 is 15.0 Å². The van der Waals surface area contributed by atoms with Crippen LogP contribution in [0.2, 0.25) is 5.02 Å². The summed E-state index contributed by atoms with van der Waals surface area (Å²) in [6.45, 7) is 1.46. The number of alkyl halides is 3. The van der Waals surface area contributed by atoms with E-state index in [-0.39, 0.29) is 23.0 Å². The third-order valence-electron chi connectivity index (χ3n) is 4.68. The number of rotatable bonds is 2.